The van der Waals surface area contributed by atoms with Crippen molar-refractivity contribution in [3.05, 3.63) is 12.4 Å². The van der Waals surface area contributed by atoms with Gasteiger partial charge in [0.2, 0.25) is 5.95 Å². The number of nitrogens with zero attached hydrogens (tertiary/aromatic N) is 2. The Morgan fingerprint density at radius 1 is 1.39 bits per heavy atom. The molecule has 104 valence electrons. The standard InChI is InChI=1S/C14H27N3O/c1-4-6-8-13(3)17-11-10-16-14(17)15-9-7-12-18-5-2/h10-11,13H,4-9,12H2,1-3H3,(H,15,16). The number of imidazole rings is 1. The van der Waals surface area contributed by atoms with Gasteiger partial charge in [-0.05, 0) is 26.7 Å². The quantitative estimate of drug-likeness (QED) is 0.649. The lowest BCUT2D eigenvalue weighted by Gasteiger charge is -2.16. The Morgan fingerprint density at radius 3 is 2.94 bits per heavy atom. The molecule has 0 aliphatic carbocycles. The van der Waals surface area contributed by atoms with Crippen molar-refractivity contribution in [1.82, 2.24) is 9.55 Å². The van der Waals surface area contributed by atoms with Crippen LogP contribution in [0.25, 0.3) is 0 Å². The fraction of sp³-hybridized carbons (Fsp3) is 0.786. The first-order valence-corrected chi connectivity index (χ1v) is 7.14. The molecule has 4 heteroatoms. The molecule has 0 aliphatic rings. The second-order valence-corrected chi connectivity index (χ2v) is 4.63. The van der Waals surface area contributed by atoms with Crippen LogP contribution in [0.15, 0.2) is 12.4 Å². The number of ether oxygens (including phenoxy) is 1. The van der Waals surface area contributed by atoms with Gasteiger partial charge in [0.05, 0.1) is 0 Å². The van der Waals surface area contributed by atoms with E-state index in [-0.39, 0.29) is 0 Å². The molecule has 0 saturated carbocycles. The molecule has 0 aliphatic heterocycles. The summed E-state index contributed by atoms with van der Waals surface area (Å²) in [4.78, 5) is 4.37. The Balaban J connectivity index is 2.34. The van der Waals surface area contributed by atoms with Gasteiger partial charge in [-0.1, -0.05) is 19.8 Å². The van der Waals surface area contributed by atoms with Gasteiger partial charge in [0.25, 0.3) is 0 Å². The van der Waals surface area contributed by atoms with Gasteiger partial charge in [-0.25, -0.2) is 4.98 Å². The molecule has 18 heavy (non-hydrogen) atoms. The Morgan fingerprint density at radius 2 is 2.22 bits per heavy atom. The highest BCUT2D eigenvalue weighted by Crippen LogP contribution is 2.18. The first-order valence-electron chi connectivity index (χ1n) is 7.14. The lowest BCUT2D eigenvalue weighted by molar-refractivity contribution is 0.147. The van der Waals surface area contributed by atoms with Gasteiger partial charge in [-0.3, -0.25) is 0 Å². The fourth-order valence-corrected chi connectivity index (χ4v) is 1.96. The number of aromatic nitrogens is 2. The minimum absolute atomic E-state index is 0.516. The molecular weight excluding hydrogens is 226 g/mol. The largest absolute Gasteiger partial charge is 0.382 e. The summed E-state index contributed by atoms with van der Waals surface area (Å²) < 4.78 is 7.55. The van der Waals surface area contributed by atoms with Crippen LogP contribution < -0.4 is 5.32 Å². The second-order valence-electron chi connectivity index (χ2n) is 4.63. The van der Waals surface area contributed by atoms with E-state index in [0.29, 0.717) is 6.04 Å². The lowest BCUT2D eigenvalue weighted by atomic mass is 10.1. The normalized spacial score (nSPS) is 12.6. The number of unbranched alkanes of at least 4 members (excludes halogenated alkanes) is 1. The molecule has 1 aromatic rings. The summed E-state index contributed by atoms with van der Waals surface area (Å²) in [5.41, 5.74) is 0. The Labute approximate surface area is 111 Å². The SMILES string of the molecule is CCCCC(C)n1ccnc1NCCCOCC. The van der Waals surface area contributed by atoms with Crippen molar-refractivity contribution in [2.24, 2.45) is 0 Å². The van der Waals surface area contributed by atoms with Crippen LogP contribution in [-0.4, -0.2) is 29.3 Å². The lowest BCUT2D eigenvalue weighted by Crippen LogP contribution is -2.13. The van der Waals surface area contributed by atoms with Crippen LogP contribution in [0.5, 0.6) is 0 Å². The van der Waals surface area contributed by atoms with Crippen LogP contribution in [0, 0.1) is 0 Å². The van der Waals surface area contributed by atoms with Gasteiger partial charge < -0.3 is 14.6 Å². The van der Waals surface area contributed by atoms with Crippen LogP contribution in [0.2, 0.25) is 0 Å². The Hall–Kier alpha value is -1.03. The summed E-state index contributed by atoms with van der Waals surface area (Å²) in [6.45, 7) is 9.03. The zero-order valence-corrected chi connectivity index (χ0v) is 12.0. The summed E-state index contributed by atoms with van der Waals surface area (Å²) in [6.07, 6.45) is 8.67. The Kier molecular flexibility index (Phi) is 7.49. The van der Waals surface area contributed by atoms with Crippen LogP contribution in [0.1, 0.15) is 52.5 Å². The van der Waals surface area contributed by atoms with Crippen molar-refractivity contribution < 1.29 is 4.74 Å². The molecule has 0 saturated heterocycles. The van der Waals surface area contributed by atoms with Gasteiger partial charge in [0.15, 0.2) is 0 Å². The van der Waals surface area contributed by atoms with E-state index in [0.717, 1.165) is 32.1 Å². The van der Waals surface area contributed by atoms with Crippen molar-refractivity contribution in [2.45, 2.75) is 52.5 Å². The van der Waals surface area contributed by atoms with E-state index >= 15 is 0 Å². The van der Waals surface area contributed by atoms with Crippen LogP contribution >= 0.6 is 0 Å². The molecular formula is C14H27N3O. The molecule has 1 aromatic heterocycles. The predicted octanol–water partition coefficient (Wildman–Crippen LogP) is 3.47. The van der Waals surface area contributed by atoms with Crippen molar-refractivity contribution >= 4 is 5.95 Å². The van der Waals surface area contributed by atoms with Crippen LogP contribution in [0.3, 0.4) is 0 Å². The van der Waals surface area contributed by atoms with E-state index in [2.05, 4.69) is 34.9 Å². The molecule has 0 fully saturated rings. The maximum Gasteiger partial charge on any atom is 0.203 e. The van der Waals surface area contributed by atoms with E-state index in [9.17, 15) is 0 Å². The third-order valence-electron chi connectivity index (χ3n) is 3.07. The number of anilines is 1. The van der Waals surface area contributed by atoms with Gasteiger partial charge in [0, 0.05) is 38.2 Å². The first kappa shape index (κ1) is 15.0. The average molecular weight is 253 g/mol. The summed E-state index contributed by atoms with van der Waals surface area (Å²) in [5.74, 6) is 0.982. The highest BCUT2D eigenvalue weighted by Gasteiger charge is 2.08. The van der Waals surface area contributed by atoms with Gasteiger partial charge in [-0.2, -0.15) is 0 Å². The molecule has 1 N–H and O–H groups in total. The number of nitrogens with one attached hydrogen (secondary N) is 1. The van der Waals surface area contributed by atoms with Gasteiger partial charge in [-0.15, -0.1) is 0 Å². The average Bonchev–Trinajstić information content (AvgIpc) is 2.84. The maximum atomic E-state index is 5.32. The van der Waals surface area contributed by atoms with E-state index < -0.39 is 0 Å². The number of hydrogen-bond acceptors (Lipinski definition) is 3. The monoisotopic (exact) mass is 253 g/mol. The molecule has 0 bridgehead atoms. The Bertz CT molecular complexity index is 312. The minimum Gasteiger partial charge on any atom is -0.382 e. The molecule has 0 aromatic carbocycles. The van der Waals surface area contributed by atoms with E-state index in [1.54, 1.807) is 0 Å². The molecule has 1 heterocycles. The van der Waals surface area contributed by atoms with Gasteiger partial charge in [0.1, 0.15) is 0 Å². The second kappa shape index (κ2) is 8.97. The highest BCUT2D eigenvalue weighted by atomic mass is 16.5. The highest BCUT2D eigenvalue weighted by molar-refractivity contribution is 5.26. The van der Waals surface area contributed by atoms with E-state index in [1.807, 2.05) is 13.1 Å². The maximum absolute atomic E-state index is 5.32. The first-order chi connectivity index (χ1) is 8.79. The zero-order chi connectivity index (χ0) is 13.2. The van der Waals surface area contributed by atoms with Crippen LogP contribution in [0.4, 0.5) is 5.95 Å². The minimum atomic E-state index is 0.516. The van der Waals surface area contributed by atoms with Gasteiger partial charge >= 0.3 is 0 Å². The smallest absolute Gasteiger partial charge is 0.203 e. The molecule has 1 rings (SSSR count). The molecule has 4 nitrogen and oxygen atoms in total. The van der Waals surface area contributed by atoms with Crippen molar-refractivity contribution in [3.8, 4) is 0 Å². The topological polar surface area (TPSA) is 39.1 Å². The third-order valence-corrected chi connectivity index (χ3v) is 3.07. The molecule has 1 unspecified atom stereocenters. The summed E-state index contributed by atoms with van der Waals surface area (Å²) in [6, 6.07) is 0.516. The van der Waals surface area contributed by atoms with E-state index in [1.165, 1.54) is 19.3 Å². The molecule has 0 radical (unpaired) electrons. The number of rotatable bonds is 10. The fourth-order valence-electron chi connectivity index (χ4n) is 1.96. The number of hydrogen-bond donors (Lipinski definition) is 1. The summed E-state index contributed by atoms with van der Waals surface area (Å²) in [5, 5.41) is 3.38. The zero-order valence-electron chi connectivity index (χ0n) is 12.0. The van der Waals surface area contributed by atoms with Crippen molar-refractivity contribution in [3.63, 3.8) is 0 Å². The van der Waals surface area contributed by atoms with Crippen LogP contribution in [-0.2, 0) is 4.74 Å². The molecule has 1 atom stereocenters. The predicted molar refractivity (Wildman–Crippen MR) is 76.1 cm³/mol. The third kappa shape index (κ3) is 5.08. The molecule has 0 amide bonds. The van der Waals surface area contributed by atoms with Crippen molar-refractivity contribution in [1.29, 1.82) is 0 Å². The van der Waals surface area contributed by atoms with Crippen molar-refractivity contribution in [2.75, 3.05) is 25.1 Å². The van der Waals surface area contributed by atoms with E-state index in [4.69, 9.17) is 4.74 Å². The summed E-state index contributed by atoms with van der Waals surface area (Å²) >= 11 is 0. The molecule has 0 spiro atoms. The summed E-state index contributed by atoms with van der Waals surface area (Å²) in [7, 11) is 0.